The Hall–Kier alpha value is -0.920. The Kier molecular flexibility index (Phi) is 4.75. The maximum Gasteiger partial charge on any atom is 0.247 e. The van der Waals surface area contributed by atoms with Crippen LogP contribution < -0.4 is 5.32 Å². The molecule has 21 heavy (non-hydrogen) atoms. The van der Waals surface area contributed by atoms with Crippen molar-refractivity contribution in [1.82, 2.24) is 19.8 Å². The van der Waals surface area contributed by atoms with Gasteiger partial charge in [-0.25, -0.2) is 8.42 Å². The van der Waals surface area contributed by atoms with Gasteiger partial charge in [-0.05, 0) is 39.2 Å². The van der Waals surface area contributed by atoms with Crippen LogP contribution in [0.1, 0.15) is 38.6 Å². The number of aromatic amines is 1. The Morgan fingerprint density at radius 1 is 1.38 bits per heavy atom. The van der Waals surface area contributed by atoms with Gasteiger partial charge in [-0.2, -0.15) is 9.40 Å². The molecule has 1 aromatic heterocycles. The maximum absolute atomic E-state index is 13.1. The summed E-state index contributed by atoms with van der Waals surface area (Å²) in [5.74, 6) is 0.745. The van der Waals surface area contributed by atoms with Crippen LogP contribution in [0.4, 0.5) is 0 Å². The zero-order valence-corrected chi connectivity index (χ0v) is 14.3. The summed E-state index contributed by atoms with van der Waals surface area (Å²) in [5.41, 5.74) is 1.17. The number of rotatable bonds is 4. The molecule has 0 aromatic carbocycles. The first-order chi connectivity index (χ1) is 9.78. The molecule has 0 radical (unpaired) electrons. The van der Waals surface area contributed by atoms with Crippen molar-refractivity contribution in [3.63, 3.8) is 0 Å². The molecule has 120 valence electrons. The van der Waals surface area contributed by atoms with Crippen molar-refractivity contribution in [1.29, 1.82) is 0 Å². The molecule has 2 N–H and O–H groups in total. The summed E-state index contributed by atoms with van der Waals surface area (Å²) in [7, 11) is -1.73. The Labute approximate surface area is 127 Å². The molecule has 0 spiro atoms. The monoisotopic (exact) mass is 314 g/mol. The van der Waals surface area contributed by atoms with Gasteiger partial charge in [-0.1, -0.05) is 13.8 Å². The van der Waals surface area contributed by atoms with Crippen LogP contribution in [0.15, 0.2) is 4.90 Å². The smallest absolute Gasteiger partial charge is 0.247 e. The van der Waals surface area contributed by atoms with E-state index in [9.17, 15) is 8.42 Å². The van der Waals surface area contributed by atoms with E-state index in [1.807, 2.05) is 6.92 Å². The number of aryl methyl sites for hydroxylation is 1. The molecule has 1 aliphatic rings. The van der Waals surface area contributed by atoms with Gasteiger partial charge in [0.1, 0.15) is 4.90 Å². The topological polar surface area (TPSA) is 78.1 Å². The van der Waals surface area contributed by atoms with Crippen LogP contribution in [0.25, 0.3) is 0 Å². The van der Waals surface area contributed by atoms with Crippen LogP contribution in [-0.4, -0.2) is 42.6 Å². The lowest BCUT2D eigenvalue weighted by atomic mass is 9.88. The van der Waals surface area contributed by atoms with Crippen molar-refractivity contribution >= 4 is 10.0 Å². The highest BCUT2D eigenvalue weighted by atomic mass is 32.2. The third kappa shape index (κ3) is 3.00. The molecule has 3 atom stereocenters. The molecule has 2 rings (SSSR count). The second-order valence-corrected chi connectivity index (χ2v) is 8.12. The number of aromatic nitrogens is 2. The average Bonchev–Trinajstić information content (AvgIpc) is 2.76. The zero-order valence-electron chi connectivity index (χ0n) is 13.5. The number of hydrogen-bond donors (Lipinski definition) is 2. The number of piperidine rings is 1. The quantitative estimate of drug-likeness (QED) is 0.882. The summed E-state index contributed by atoms with van der Waals surface area (Å²) in [5, 5.41) is 9.92. The van der Waals surface area contributed by atoms with Crippen LogP contribution in [-0.2, 0) is 16.6 Å². The van der Waals surface area contributed by atoms with E-state index in [-0.39, 0.29) is 6.04 Å². The highest BCUT2D eigenvalue weighted by molar-refractivity contribution is 7.89. The van der Waals surface area contributed by atoms with E-state index >= 15 is 0 Å². The van der Waals surface area contributed by atoms with E-state index in [2.05, 4.69) is 29.4 Å². The fourth-order valence-electron chi connectivity index (χ4n) is 3.20. The number of hydrogen-bond acceptors (Lipinski definition) is 4. The van der Waals surface area contributed by atoms with Crippen molar-refractivity contribution < 1.29 is 8.42 Å². The summed E-state index contributed by atoms with van der Waals surface area (Å²) < 4.78 is 27.9. The average molecular weight is 314 g/mol. The second-order valence-electron chi connectivity index (χ2n) is 6.29. The van der Waals surface area contributed by atoms with Gasteiger partial charge in [-0.15, -0.1) is 0 Å². The normalized spacial score (nSPS) is 28.0. The van der Waals surface area contributed by atoms with E-state index in [4.69, 9.17) is 0 Å². The van der Waals surface area contributed by atoms with Crippen molar-refractivity contribution in [3.05, 3.63) is 11.4 Å². The van der Waals surface area contributed by atoms with Gasteiger partial charge in [0.05, 0.1) is 11.4 Å². The number of H-pyrrole nitrogens is 1. The van der Waals surface area contributed by atoms with Crippen molar-refractivity contribution in [2.75, 3.05) is 13.6 Å². The lowest BCUT2D eigenvalue weighted by Crippen LogP contribution is -2.49. The molecule has 1 fully saturated rings. The van der Waals surface area contributed by atoms with Crippen LogP contribution in [0.5, 0.6) is 0 Å². The number of nitrogens with one attached hydrogen (secondary N) is 2. The fraction of sp³-hybridized carbons (Fsp3) is 0.786. The summed E-state index contributed by atoms with van der Waals surface area (Å²) in [6.45, 7) is 9.02. The van der Waals surface area contributed by atoms with E-state index in [0.29, 0.717) is 41.2 Å². The fourth-order valence-corrected chi connectivity index (χ4v) is 5.38. The number of sulfonamides is 1. The zero-order chi connectivity index (χ0) is 15.8. The molecule has 1 saturated heterocycles. The minimum absolute atomic E-state index is 0.0166. The van der Waals surface area contributed by atoms with Gasteiger partial charge >= 0.3 is 0 Å². The molecular weight excluding hydrogens is 288 g/mol. The van der Waals surface area contributed by atoms with Gasteiger partial charge in [0.2, 0.25) is 10.0 Å². The van der Waals surface area contributed by atoms with Crippen LogP contribution in [0.2, 0.25) is 0 Å². The molecular formula is C14H26N4O2S. The number of nitrogens with zero attached hydrogens (tertiary/aromatic N) is 2. The van der Waals surface area contributed by atoms with Crippen molar-refractivity contribution in [2.24, 2.45) is 11.8 Å². The molecule has 0 amide bonds. The SMILES string of the molecule is CNCc1n[nH]c(C)c1S(=O)(=O)N1CC(C)CC(C)C1C. The third-order valence-corrected chi connectivity index (χ3v) is 6.57. The second kappa shape index (κ2) is 6.06. The first-order valence-corrected chi connectivity index (χ1v) is 8.93. The molecule has 1 aliphatic heterocycles. The van der Waals surface area contributed by atoms with Crippen LogP contribution in [0.3, 0.4) is 0 Å². The maximum atomic E-state index is 13.1. The van der Waals surface area contributed by atoms with Gasteiger partial charge in [0.15, 0.2) is 0 Å². The molecule has 3 unspecified atom stereocenters. The first kappa shape index (κ1) is 16.5. The van der Waals surface area contributed by atoms with Gasteiger partial charge in [-0.3, -0.25) is 5.10 Å². The van der Waals surface area contributed by atoms with E-state index in [1.54, 1.807) is 18.3 Å². The van der Waals surface area contributed by atoms with Gasteiger partial charge < -0.3 is 5.32 Å². The molecule has 0 saturated carbocycles. The third-order valence-electron chi connectivity index (χ3n) is 4.42. The Morgan fingerprint density at radius 2 is 2.05 bits per heavy atom. The highest BCUT2D eigenvalue weighted by Gasteiger charge is 2.39. The lowest BCUT2D eigenvalue weighted by Gasteiger charge is -2.40. The Morgan fingerprint density at radius 3 is 2.67 bits per heavy atom. The highest BCUT2D eigenvalue weighted by Crippen LogP contribution is 2.33. The van der Waals surface area contributed by atoms with Crippen LogP contribution in [0, 0.1) is 18.8 Å². The van der Waals surface area contributed by atoms with Crippen LogP contribution >= 0.6 is 0 Å². The van der Waals surface area contributed by atoms with E-state index in [0.717, 1.165) is 6.42 Å². The van der Waals surface area contributed by atoms with E-state index in [1.165, 1.54) is 0 Å². The molecule has 2 heterocycles. The predicted molar refractivity (Wildman–Crippen MR) is 82.4 cm³/mol. The molecule has 6 nitrogen and oxygen atoms in total. The summed E-state index contributed by atoms with van der Waals surface area (Å²) in [6.07, 6.45) is 1.07. The molecule has 1 aromatic rings. The standard InChI is InChI=1S/C14H26N4O2S/c1-9-6-10(2)12(4)18(8-9)21(19,20)14-11(3)16-17-13(14)7-15-5/h9-10,12,15H,6-8H2,1-5H3,(H,16,17). The van der Waals surface area contributed by atoms with E-state index < -0.39 is 10.0 Å². The first-order valence-electron chi connectivity index (χ1n) is 7.49. The van der Waals surface area contributed by atoms with Crippen molar-refractivity contribution in [3.8, 4) is 0 Å². The molecule has 7 heteroatoms. The van der Waals surface area contributed by atoms with Gasteiger partial charge in [0.25, 0.3) is 0 Å². The summed E-state index contributed by atoms with van der Waals surface area (Å²) >= 11 is 0. The minimum Gasteiger partial charge on any atom is -0.314 e. The molecule has 0 bridgehead atoms. The minimum atomic E-state index is -3.52. The van der Waals surface area contributed by atoms with Gasteiger partial charge in [0, 0.05) is 19.1 Å². The molecule has 0 aliphatic carbocycles. The Bertz CT molecular complexity index is 596. The predicted octanol–water partition coefficient (Wildman–Crippen LogP) is 1.49. The lowest BCUT2D eigenvalue weighted by molar-refractivity contribution is 0.157. The van der Waals surface area contributed by atoms with Crippen molar-refractivity contribution in [2.45, 2.75) is 51.6 Å². The Balaban J connectivity index is 2.44. The largest absolute Gasteiger partial charge is 0.314 e. The summed E-state index contributed by atoms with van der Waals surface area (Å²) in [6, 6.07) is 0.0166. The summed E-state index contributed by atoms with van der Waals surface area (Å²) in [4.78, 5) is 0.338.